The van der Waals surface area contributed by atoms with E-state index in [1.807, 2.05) is 24.3 Å². The van der Waals surface area contributed by atoms with Crippen molar-refractivity contribution >= 4 is 33.0 Å². The van der Waals surface area contributed by atoms with E-state index < -0.39 is 10.0 Å². The number of sulfonamides is 1. The molecule has 2 N–H and O–H groups in total. The zero-order valence-electron chi connectivity index (χ0n) is 14.0. The van der Waals surface area contributed by atoms with Gasteiger partial charge in [-0.1, -0.05) is 12.1 Å². The van der Waals surface area contributed by atoms with Crippen molar-refractivity contribution in [2.24, 2.45) is 0 Å². The fourth-order valence-electron chi connectivity index (χ4n) is 2.48. The van der Waals surface area contributed by atoms with Gasteiger partial charge in [0.05, 0.1) is 30.3 Å². The Morgan fingerprint density at radius 1 is 1.08 bits per heavy atom. The van der Waals surface area contributed by atoms with Crippen LogP contribution in [0.2, 0.25) is 0 Å². The minimum Gasteiger partial charge on any atom is -0.378 e. The van der Waals surface area contributed by atoms with Crippen molar-refractivity contribution in [3.63, 3.8) is 0 Å². The maximum absolute atomic E-state index is 11.6. The molecule has 3 rings (SSSR count). The molecule has 1 aromatic heterocycles. The van der Waals surface area contributed by atoms with E-state index in [1.165, 1.54) is 0 Å². The van der Waals surface area contributed by atoms with E-state index in [0.717, 1.165) is 24.5 Å². The van der Waals surface area contributed by atoms with Crippen LogP contribution in [0, 0.1) is 0 Å². The average Bonchev–Trinajstić information content (AvgIpc) is 2.64. The topological polar surface area (TPSA) is 96.5 Å². The maximum Gasteiger partial charge on any atom is 0.233 e. The summed E-state index contributed by atoms with van der Waals surface area (Å²) in [4.78, 5) is 2.25. The van der Waals surface area contributed by atoms with E-state index in [9.17, 15) is 8.42 Å². The molecular formula is C16H21N5O3S. The van der Waals surface area contributed by atoms with Gasteiger partial charge in [-0.2, -0.15) is 0 Å². The van der Waals surface area contributed by atoms with Crippen LogP contribution in [0.15, 0.2) is 36.4 Å². The van der Waals surface area contributed by atoms with Crippen LogP contribution in [-0.2, 0) is 14.8 Å². The molecule has 1 fully saturated rings. The Morgan fingerprint density at radius 2 is 1.76 bits per heavy atom. The molecule has 1 aliphatic rings. The van der Waals surface area contributed by atoms with Gasteiger partial charge in [0, 0.05) is 13.1 Å². The molecule has 134 valence electrons. The number of aromatic nitrogens is 2. The SMILES string of the molecule is CCS(=O)(=O)Nc1ccc(Nc2ccccc2N2CCOCC2)nn1. The second kappa shape index (κ2) is 7.66. The third kappa shape index (κ3) is 4.58. The second-order valence-corrected chi connectivity index (χ2v) is 7.56. The molecule has 0 aliphatic carbocycles. The lowest BCUT2D eigenvalue weighted by molar-refractivity contribution is 0.123. The minimum atomic E-state index is -3.36. The number of para-hydroxylation sites is 2. The first kappa shape index (κ1) is 17.4. The number of benzene rings is 1. The number of anilines is 4. The molecule has 0 amide bonds. The Kier molecular flexibility index (Phi) is 5.34. The molecule has 2 aromatic rings. The predicted octanol–water partition coefficient (Wildman–Crippen LogP) is 1.82. The first-order valence-corrected chi connectivity index (χ1v) is 9.75. The van der Waals surface area contributed by atoms with E-state index in [0.29, 0.717) is 19.0 Å². The average molecular weight is 363 g/mol. The van der Waals surface area contributed by atoms with Gasteiger partial charge in [-0.15, -0.1) is 10.2 Å². The molecular weight excluding hydrogens is 342 g/mol. The van der Waals surface area contributed by atoms with Crippen LogP contribution in [0.3, 0.4) is 0 Å². The molecule has 0 bridgehead atoms. The minimum absolute atomic E-state index is 0.0123. The number of nitrogens with zero attached hydrogens (tertiary/aromatic N) is 3. The van der Waals surface area contributed by atoms with E-state index in [4.69, 9.17) is 4.74 Å². The van der Waals surface area contributed by atoms with Crippen LogP contribution in [-0.4, -0.2) is 50.7 Å². The van der Waals surface area contributed by atoms with Crippen LogP contribution in [0.4, 0.5) is 23.0 Å². The highest BCUT2D eigenvalue weighted by Crippen LogP contribution is 2.28. The summed E-state index contributed by atoms with van der Waals surface area (Å²) in [7, 11) is -3.36. The van der Waals surface area contributed by atoms with Gasteiger partial charge in [0.2, 0.25) is 10.0 Å². The predicted molar refractivity (Wildman–Crippen MR) is 97.9 cm³/mol. The number of morpholine rings is 1. The normalized spacial score (nSPS) is 15.0. The number of rotatable bonds is 6. The molecule has 1 aromatic carbocycles. The highest BCUT2D eigenvalue weighted by molar-refractivity contribution is 7.92. The molecule has 0 unspecified atom stereocenters. The zero-order chi connectivity index (χ0) is 17.7. The van der Waals surface area contributed by atoms with Crippen LogP contribution < -0.4 is 14.9 Å². The van der Waals surface area contributed by atoms with Crippen LogP contribution >= 0.6 is 0 Å². The van der Waals surface area contributed by atoms with E-state index in [1.54, 1.807) is 19.1 Å². The third-order valence-electron chi connectivity index (χ3n) is 3.82. The van der Waals surface area contributed by atoms with E-state index in [2.05, 4.69) is 25.1 Å². The van der Waals surface area contributed by atoms with Gasteiger partial charge >= 0.3 is 0 Å². The summed E-state index contributed by atoms with van der Waals surface area (Å²) < 4.78 is 30.9. The summed E-state index contributed by atoms with van der Waals surface area (Å²) >= 11 is 0. The quantitative estimate of drug-likeness (QED) is 0.808. The molecule has 0 atom stereocenters. The largest absolute Gasteiger partial charge is 0.378 e. The molecule has 1 aliphatic heterocycles. The Morgan fingerprint density at radius 3 is 2.44 bits per heavy atom. The van der Waals surface area contributed by atoms with Crippen molar-refractivity contribution in [3.05, 3.63) is 36.4 Å². The fourth-order valence-corrected chi connectivity index (χ4v) is 3.05. The molecule has 8 nitrogen and oxygen atoms in total. The van der Waals surface area contributed by atoms with Crippen LogP contribution in [0.1, 0.15) is 6.92 Å². The third-order valence-corrected chi connectivity index (χ3v) is 5.10. The second-order valence-electron chi connectivity index (χ2n) is 5.55. The van der Waals surface area contributed by atoms with Crippen LogP contribution in [0.5, 0.6) is 0 Å². The van der Waals surface area contributed by atoms with Gasteiger partial charge in [-0.05, 0) is 31.2 Å². The maximum atomic E-state index is 11.6. The summed E-state index contributed by atoms with van der Waals surface area (Å²) in [6.45, 7) is 4.65. The number of hydrogen-bond donors (Lipinski definition) is 2. The molecule has 9 heteroatoms. The summed E-state index contributed by atoms with van der Waals surface area (Å²) in [6.07, 6.45) is 0. The first-order valence-electron chi connectivity index (χ1n) is 8.10. The highest BCUT2D eigenvalue weighted by atomic mass is 32.2. The number of hydrogen-bond acceptors (Lipinski definition) is 7. The number of nitrogens with one attached hydrogen (secondary N) is 2. The molecule has 1 saturated heterocycles. The molecule has 25 heavy (non-hydrogen) atoms. The van der Waals surface area contributed by atoms with Gasteiger partial charge in [0.25, 0.3) is 0 Å². The number of ether oxygens (including phenoxy) is 1. The van der Waals surface area contributed by atoms with Gasteiger partial charge in [-0.25, -0.2) is 8.42 Å². The van der Waals surface area contributed by atoms with Crippen molar-refractivity contribution in [1.29, 1.82) is 0 Å². The molecule has 0 spiro atoms. The zero-order valence-corrected chi connectivity index (χ0v) is 14.8. The summed E-state index contributed by atoms with van der Waals surface area (Å²) in [6, 6.07) is 11.2. The Bertz CT molecular complexity index is 805. The van der Waals surface area contributed by atoms with Crippen LogP contribution in [0.25, 0.3) is 0 Å². The Balaban J connectivity index is 1.74. The van der Waals surface area contributed by atoms with Crippen molar-refractivity contribution in [2.75, 3.05) is 47.0 Å². The van der Waals surface area contributed by atoms with E-state index >= 15 is 0 Å². The van der Waals surface area contributed by atoms with Crippen molar-refractivity contribution in [2.45, 2.75) is 6.92 Å². The van der Waals surface area contributed by atoms with E-state index in [-0.39, 0.29) is 11.6 Å². The fraction of sp³-hybridized carbons (Fsp3) is 0.375. The Hall–Kier alpha value is -2.39. The molecule has 2 heterocycles. The lowest BCUT2D eigenvalue weighted by Crippen LogP contribution is -2.36. The van der Waals surface area contributed by atoms with Gasteiger partial charge in [0.1, 0.15) is 0 Å². The van der Waals surface area contributed by atoms with Crippen molar-refractivity contribution in [1.82, 2.24) is 10.2 Å². The highest BCUT2D eigenvalue weighted by Gasteiger charge is 2.15. The molecule has 0 saturated carbocycles. The lowest BCUT2D eigenvalue weighted by Gasteiger charge is -2.30. The summed E-state index contributed by atoms with van der Waals surface area (Å²) in [5.74, 6) is 0.732. The summed E-state index contributed by atoms with van der Waals surface area (Å²) in [5, 5.41) is 11.2. The van der Waals surface area contributed by atoms with Crippen molar-refractivity contribution in [3.8, 4) is 0 Å². The molecule has 0 radical (unpaired) electrons. The van der Waals surface area contributed by atoms with Gasteiger partial charge < -0.3 is 15.0 Å². The Labute approximate surface area is 147 Å². The smallest absolute Gasteiger partial charge is 0.233 e. The summed E-state index contributed by atoms with van der Waals surface area (Å²) in [5.41, 5.74) is 1.99. The standard InChI is InChI=1S/C16H21N5O3S/c1-2-25(22,23)20-16-8-7-15(18-19-16)17-13-5-3-4-6-14(13)21-9-11-24-12-10-21/h3-8H,2,9-12H2,1H3,(H,17,18)(H,19,20). The van der Waals surface area contributed by atoms with Crippen molar-refractivity contribution < 1.29 is 13.2 Å². The van der Waals surface area contributed by atoms with Gasteiger partial charge in [0.15, 0.2) is 11.6 Å². The van der Waals surface area contributed by atoms with Gasteiger partial charge in [-0.3, -0.25) is 4.72 Å². The monoisotopic (exact) mass is 363 g/mol. The first-order chi connectivity index (χ1) is 12.1. The lowest BCUT2D eigenvalue weighted by atomic mass is 10.2.